The lowest BCUT2D eigenvalue weighted by Gasteiger charge is -1.93. The fourth-order valence-corrected chi connectivity index (χ4v) is 2.44. The highest BCUT2D eigenvalue weighted by Crippen LogP contribution is 2.27. The SMILES string of the molecule is CCc1nc(-c2ccncc2)sc1C(=N)N. The van der Waals surface area contributed by atoms with E-state index in [1.807, 2.05) is 19.1 Å². The molecule has 0 fully saturated rings. The van der Waals surface area contributed by atoms with Crippen LogP contribution in [0.1, 0.15) is 17.5 Å². The Morgan fingerprint density at radius 1 is 1.44 bits per heavy atom. The highest BCUT2D eigenvalue weighted by molar-refractivity contribution is 7.17. The molecular weight excluding hydrogens is 220 g/mol. The van der Waals surface area contributed by atoms with Gasteiger partial charge >= 0.3 is 0 Å². The standard InChI is InChI=1S/C11H12N4S/c1-2-8-9(10(12)13)16-11(15-8)7-3-5-14-6-4-7/h3-6H,2H2,1H3,(H3,12,13). The minimum absolute atomic E-state index is 0.0923. The van der Waals surface area contributed by atoms with E-state index in [1.54, 1.807) is 12.4 Å². The van der Waals surface area contributed by atoms with Crippen molar-refractivity contribution >= 4 is 17.2 Å². The average Bonchev–Trinajstić information content (AvgIpc) is 2.74. The molecule has 2 aromatic heterocycles. The van der Waals surface area contributed by atoms with Gasteiger partial charge in [-0.05, 0) is 18.6 Å². The second-order valence-electron chi connectivity index (χ2n) is 3.30. The number of rotatable bonds is 3. The molecular formula is C11H12N4S. The number of aryl methyl sites for hydroxylation is 1. The van der Waals surface area contributed by atoms with Crippen LogP contribution in [0.2, 0.25) is 0 Å². The minimum atomic E-state index is 0.0923. The summed E-state index contributed by atoms with van der Waals surface area (Å²) in [5.41, 5.74) is 7.43. The third-order valence-electron chi connectivity index (χ3n) is 2.20. The second-order valence-corrected chi connectivity index (χ2v) is 4.30. The summed E-state index contributed by atoms with van der Waals surface area (Å²) < 4.78 is 0. The Kier molecular flexibility index (Phi) is 2.96. The first kappa shape index (κ1) is 10.8. The van der Waals surface area contributed by atoms with E-state index >= 15 is 0 Å². The van der Waals surface area contributed by atoms with Gasteiger partial charge in [-0.15, -0.1) is 11.3 Å². The predicted molar refractivity (Wildman–Crippen MR) is 65.7 cm³/mol. The van der Waals surface area contributed by atoms with Gasteiger partial charge in [-0.1, -0.05) is 6.92 Å². The van der Waals surface area contributed by atoms with Gasteiger partial charge in [0, 0.05) is 18.0 Å². The molecule has 0 radical (unpaired) electrons. The molecule has 2 aromatic rings. The molecule has 0 saturated carbocycles. The van der Waals surface area contributed by atoms with Crippen LogP contribution >= 0.6 is 11.3 Å². The molecule has 5 heteroatoms. The molecule has 16 heavy (non-hydrogen) atoms. The zero-order chi connectivity index (χ0) is 11.5. The Balaban J connectivity index is 2.48. The van der Waals surface area contributed by atoms with Gasteiger partial charge in [0.15, 0.2) is 0 Å². The summed E-state index contributed by atoms with van der Waals surface area (Å²) in [6.45, 7) is 2.01. The highest BCUT2D eigenvalue weighted by atomic mass is 32.1. The van der Waals surface area contributed by atoms with Crippen molar-refractivity contribution in [2.75, 3.05) is 0 Å². The van der Waals surface area contributed by atoms with Crippen LogP contribution in [0.25, 0.3) is 10.6 Å². The van der Waals surface area contributed by atoms with Crippen molar-refractivity contribution in [2.45, 2.75) is 13.3 Å². The molecule has 0 atom stereocenters. The fraction of sp³-hybridized carbons (Fsp3) is 0.182. The first-order chi connectivity index (χ1) is 7.72. The van der Waals surface area contributed by atoms with Crippen LogP contribution < -0.4 is 5.73 Å². The smallest absolute Gasteiger partial charge is 0.135 e. The summed E-state index contributed by atoms with van der Waals surface area (Å²) in [6.07, 6.45) is 4.25. The van der Waals surface area contributed by atoms with Crippen molar-refractivity contribution in [3.05, 3.63) is 35.1 Å². The molecule has 2 heterocycles. The van der Waals surface area contributed by atoms with Crippen LogP contribution in [0.3, 0.4) is 0 Å². The number of pyridine rings is 1. The molecule has 0 aliphatic carbocycles. The van der Waals surface area contributed by atoms with Gasteiger partial charge in [0.05, 0.1) is 10.6 Å². The lowest BCUT2D eigenvalue weighted by Crippen LogP contribution is -2.11. The van der Waals surface area contributed by atoms with Crippen LogP contribution in [0, 0.1) is 5.41 Å². The molecule has 4 nitrogen and oxygen atoms in total. The number of amidine groups is 1. The second kappa shape index (κ2) is 4.40. The van der Waals surface area contributed by atoms with Crippen LogP contribution in [-0.2, 0) is 6.42 Å². The third-order valence-corrected chi connectivity index (χ3v) is 3.38. The summed E-state index contributed by atoms with van der Waals surface area (Å²) >= 11 is 1.46. The Morgan fingerprint density at radius 2 is 2.12 bits per heavy atom. The van der Waals surface area contributed by atoms with E-state index in [4.69, 9.17) is 11.1 Å². The number of hydrogen-bond donors (Lipinski definition) is 2. The first-order valence-electron chi connectivity index (χ1n) is 4.97. The minimum Gasteiger partial charge on any atom is -0.383 e. The van der Waals surface area contributed by atoms with Crippen molar-refractivity contribution in [1.82, 2.24) is 9.97 Å². The number of nitrogens with two attached hydrogens (primary N) is 1. The van der Waals surface area contributed by atoms with Crippen molar-refractivity contribution < 1.29 is 0 Å². The molecule has 0 saturated heterocycles. The van der Waals surface area contributed by atoms with Crippen molar-refractivity contribution in [1.29, 1.82) is 5.41 Å². The highest BCUT2D eigenvalue weighted by Gasteiger charge is 2.12. The van der Waals surface area contributed by atoms with Gasteiger partial charge in [0.25, 0.3) is 0 Å². The molecule has 0 bridgehead atoms. The summed E-state index contributed by atoms with van der Waals surface area (Å²) in [5, 5.41) is 8.38. The number of nitrogens with zero attached hydrogens (tertiary/aromatic N) is 2. The van der Waals surface area contributed by atoms with Gasteiger partial charge in [-0.2, -0.15) is 0 Å². The van der Waals surface area contributed by atoms with E-state index in [2.05, 4.69) is 9.97 Å². The predicted octanol–water partition coefficient (Wildman–Crippen LogP) is 2.05. The summed E-state index contributed by atoms with van der Waals surface area (Å²) in [4.78, 5) is 9.23. The number of nitrogens with one attached hydrogen (secondary N) is 1. The quantitative estimate of drug-likeness (QED) is 0.628. The van der Waals surface area contributed by atoms with E-state index in [1.165, 1.54) is 11.3 Å². The number of hydrogen-bond acceptors (Lipinski definition) is 4. The largest absolute Gasteiger partial charge is 0.383 e. The Hall–Kier alpha value is -1.75. The average molecular weight is 232 g/mol. The Morgan fingerprint density at radius 3 is 2.62 bits per heavy atom. The Labute approximate surface area is 97.7 Å². The maximum atomic E-state index is 7.49. The molecule has 0 unspecified atom stereocenters. The fourth-order valence-electron chi connectivity index (χ4n) is 1.42. The van der Waals surface area contributed by atoms with Gasteiger partial charge in [0.1, 0.15) is 10.8 Å². The van der Waals surface area contributed by atoms with E-state index in [0.29, 0.717) is 0 Å². The zero-order valence-electron chi connectivity index (χ0n) is 8.90. The number of aromatic nitrogens is 2. The number of thiazole rings is 1. The van der Waals surface area contributed by atoms with E-state index in [0.717, 1.165) is 27.6 Å². The topological polar surface area (TPSA) is 75.7 Å². The molecule has 0 spiro atoms. The molecule has 2 rings (SSSR count). The first-order valence-corrected chi connectivity index (χ1v) is 5.78. The van der Waals surface area contributed by atoms with E-state index in [9.17, 15) is 0 Å². The molecule has 0 aliphatic heterocycles. The summed E-state index contributed by atoms with van der Waals surface area (Å²) in [7, 11) is 0. The van der Waals surface area contributed by atoms with E-state index < -0.39 is 0 Å². The third kappa shape index (κ3) is 1.94. The van der Waals surface area contributed by atoms with Crippen LogP contribution in [-0.4, -0.2) is 15.8 Å². The van der Waals surface area contributed by atoms with Crippen LogP contribution in [0.4, 0.5) is 0 Å². The maximum Gasteiger partial charge on any atom is 0.135 e. The van der Waals surface area contributed by atoms with Gasteiger partial charge in [-0.25, -0.2) is 4.98 Å². The Bertz CT molecular complexity index is 504. The maximum absolute atomic E-state index is 7.49. The van der Waals surface area contributed by atoms with Gasteiger partial charge < -0.3 is 5.73 Å². The monoisotopic (exact) mass is 232 g/mol. The number of nitrogen functional groups attached to an aromatic ring is 1. The lowest BCUT2D eigenvalue weighted by atomic mass is 10.2. The molecule has 0 aliphatic rings. The molecule has 3 N–H and O–H groups in total. The molecule has 82 valence electrons. The van der Waals surface area contributed by atoms with Crippen molar-refractivity contribution in [2.24, 2.45) is 5.73 Å². The van der Waals surface area contributed by atoms with Gasteiger partial charge in [0.2, 0.25) is 0 Å². The van der Waals surface area contributed by atoms with Gasteiger partial charge in [-0.3, -0.25) is 10.4 Å². The van der Waals surface area contributed by atoms with Crippen molar-refractivity contribution in [3.8, 4) is 10.6 Å². The normalized spacial score (nSPS) is 10.3. The zero-order valence-corrected chi connectivity index (χ0v) is 9.71. The van der Waals surface area contributed by atoms with Crippen LogP contribution in [0.5, 0.6) is 0 Å². The molecule has 0 aromatic carbocycles. The molecule has 0 amide bonds. The van der Waals surface area contributed by atoms with Crippen molar-refractivity contribution in [3.63, 3.8) is 0 Å². The summed E-state index contributed by atoms with van der Waals surface area (Å²) in [5.74, 6) is 0.0923. The summed E-state index contributed by atoms with van der Waals surface area (Å²) in [6, 6.07) is 3.81. The van der Waals surface area contributed by atoms with E-state index in [-0.39, 0.29) is 5.84 Å². The van der Waals surface area contributed by atoms with Crippen LogP contribution in [0.15, 0.2) is 24.5 Å². The lowest BCUT2D eigenvalue weighted by molar-refractivity contribution is 1.06.